The van der Waals surface area contributed by atoms with Crippen molar-refractivity contribution in [3.63, 3.8) is 0 Å². The predicted octanol–water partition coefficient (Wildman–Crippen LogP) is 4.26. The van der Waals surface area contributed by atoms with Crippen LogP contribution >= 0.6 is 0 Å². The molecule has 0 fully saturated rings. The molecule has 0 aromatic heterocycles. The van der Waals surface area contributed by atoms with Crippen LogP contribution in [0.1, 0.15) is 28.7 Å². The molecule has 2 N–H and O–H groups in total. The molecule has 0 bridgehead atoms. The summed E-state index contributed by atoms with van der Waals surface area (Å²) in [6.45, 7) is 7.32. The number of carbonyl (C=O) groups excluding carboxylic acids is 2. The van der Waals surface area contributed by atoms with Crippen LogP contribution in [0.15, 0.2) is 71.6 Å². The van der Waals surface area contributed by atoms with E-state index >= 15 is 0 Å². The van der Waals surface area contributed by atoms with E-state index in [0.29, 0.717) is 5.69 Å². The number of nitrogens with one attached hydrogen (secondary N) is 2. The molecule has 0 saturated carbocycles. The van der Waals surface area contributed by atoms with Gasteiger partial charge in [0.1, 0.15) is 0 Å². The first kappa shape index (κ1) is 26.0. The van der Waals surface area contributed by atoms with E-state index < -0.39 is 15.9 Å². The van der Waals surface area contributed by atoms with Crippen LogP contribution in [0.4, 0.5) is 11.4 Å². The lowest BCUT2D eigenvalue weighted by atomic mass is 10.1. The van der Waals surface area contributed by atoms with Crippen molar-refractivity contribution >= 4 is 33.2 Å². The molecule has 0 saturated heterocycles. The quantitative estimate of drug-likeness (QED) is 0.466. The highest BCUT2D eigenvalue weighted by molar-refractivity contribution is 7.92. The van der Waals surface area contributed by atoms with E-state index in [1.807, 2.05) is 58.0 Å². The van der Waals surface area contributed by atoms with Crippen LogP contribution in [0.2, 0.25) is 0 Å². The summed E-state index contributed by atoms with van der Waals surface area (Å²) in [5.41, 5.74) is 5.00. The van der Waals surface area contributed by atoms with Crippen LogP contribution < -0.4 is 14.9 Å². The zero-order chi connectivity index (χ0) is 25.6. The molecule has 0 unspecified atom stereocenters. The molecule has 3 aromatic carbocycles. The summed E-state index contributed by atoms with van der Waals surface area (Å²) < 4.78 is 28.0. The summed E-state index contributed by atoms with van der Waals surface area (Å²) in [4.78, 5) is 25.0. The fourth-order valence-corrected chi connectivity index (χ4v) is 5.07. The second kappa shape index (κ2) is 11.2. The van der Waals surface area contributed by atoms with Crippen molar-refractivity contribution in [2.75, 3.05) is 22.7 Å². The Hall–Kier alpha value is -3.65. The van der Waals surface area contributed by atoms with Gasteiger partial charge in [-0.1, -0.05) is 53.6 Å². The maximum absolute atomic E-state index is 13.4. The monoisotopic (exact) mass is 493 g/mol. The normalized spacial score (nSPS) is 11.1. The molecule has 0 aliphatic rings. The molecule has 35 heavy (non-hydrogen) atoms. The first-order valence-corrected chi connectivity index (χ1v) is 12.8. The molecule has 0 aliphatic heterocycles. The molecule has 3 rings (SSSR count). The van der Waals surface area contributed by atoms with E-state index in [-0.39, 0.29) is 30.3 Å². The lowest BCUT2D eigenvalue weighted by molar-refractivity contribution is -0.124. The number of aryl methyl sites for hydroxylation is 4. The van der Waals surface area contributed by atoms with Gasteiger partial charge in [0, 0.05) is 18.7 Å². The standard InChI is InChI=1S/C27H31N3O4S/c1-19-8-12-23(13-9-19)30(35(33,34)24-14-10-20(2)11-15-24)17-16-25(31)28-18-26(32)29-27-21(3)6-5-7-22(27)4/h5-15H,16-18H2,1-4H3,(H,28,31)(H,29,32). The first-order chi connectivity index (χ1) is 16.6. The maximum atomic E-state index is 13.4. The Morgan fingerprint density at radius 1 is 0.771 bits per heavy atom. The van der Waals surface area contributed by atoms with E-state index in [2.05, 4.69) is 10.6 Å². The molecule has 0 atom stereocenters. The van der Waals surface area contributed by atoms with Gasteiger partial charge in [-0.15, -0.1) is 0 Å². The molecule has 184 valence electrons. The highest BCUT2D eigenvalue weighted by Crippen LogP contribution is 2.25. The molecule has 2 amide bonds. The highest BCUT2D eigenvalue weighted by Gasteiger charge is 2.25. The molecule has 0 radical (unpaired) electrons. The maximum Gasteiger partial charge on any atom is 0.264 e. The Kier molecular flexibility index (Phi) is 8.30. The molecular formula is C27H31N3O4S. The van der Waals surface area contributed by atoms with Crippen molar-refractivity contribution < 1.29 is 18.0 Å². The van der Waals surface area contributed by atoms with Crippen molar-refractivity contribution in [1.82, 2.24) is 5.32 Å². The third-order valence-corrected chi connectivity index (χ3v) is 7.51. The van der Waals surface area contributed by atoms with Crippen molar-refractivity contribution in [2.45, 2.75) is 39.0 Å². The van der Waals surface area contributed by atoms with Crippen LogP contribution in [-0.4, -0.2) is 33.3 Å². The average molecular weight is 494 g/mol. The first-order valence-electron chi connectivity index (χ1n) is 11.4. The number of hydrogen-bond donors (Lipinski definition) is 2. The minimum Gasteiger partial charge on any atom is -0.347 e. The van der Waals surface area contributed by atoms with Crippen molar-refractivity contribution in [3.8, 4) is 0 Å². The number of para-hydroxylation sites is 1. The molecule has 0 spiro atoms. The average Bonchev–Trinajstić information content (AvgIpc) is 2.81. The third-order valence-electron chi connectivity index (χ3n) is 5.66. The summed E-state index contributed by atoms with van der Waals surface area (Å²) in [5.74, 6) is -0.767. The van der Waals surface area contributed by atoms with Gasteiger partial charge in [0.15, 0.2) is 0 Å². The number of amides is 2. The van der Waals surface area contributed by atoms with Gasteiger partial charge >= 0.3 is 0 Å². The van der Waals surface area contributed by atoms with Crippen LogP contribution in [0.25, 0.3) is 0 Å². The fourth-order valence-electron chi connectivity index (χ4n) is 3.60. The molecule has 3 aromatic rings. The molecule has 0 aliphatic carbocycles. The van der Waals surface area contributed by atoms with Crippen LogP contribution in [0, 0.1) is 27.7 Å². The fraction of sp³-hybridized carbons (Fsp3) is 0.259. The van der Waals surface area contributed by atoms with Gasteiger partial charge in [-0.3, -0.25) is 13.9 Å². The van der Waals surface area contributed by atoms with E-state index in [1.165, 1.54) is 4.31 Å². The van der Waals surface area contributed by atoms with E-state index in [1.54, 1.807) is 36.4 Å². The zero-order valence-corrected chi connectivity index (χ0v) is 21.3. The van der Waals surface area contributed by atoms with Crippen LogP contribution in [-0.2, 0) is 19.6 Å². The minimum absolute atomic E-state index is 0.0658. The Morgan fingerprint density at radius 3 is 1.89 bits per heavy atom. The molecule has 0 heterocycles. The topological polar surface area (TPSA) is 95.6 Å². The van der Waals surface area contributed by atoms with Gasteiger partial charge in [0.2, 0.25) is 11.8 Å². The zero-order valence-electron chi connectivity index (χ0n) is 20.5. The summed E-state index contributed by atoms with van der Waals surface area (Å²) in [6.07, 6.45) is -0.102. The number of sulfonamides is 1. The lowest BCUT2D eigenvalue weighted by Gasteiger charge is -2.24. The van der Waals surface area contributed by atoms with Gasteiger partial charge in [-0.2, -0.15) is 0 Å². The second-order valence-electron chi connectivity index (χ2n) is 8.57. The molecule has 7 nitrogen and oxygen atoms in total. The van der Waals surface area contributed by atoms with Gasteiger partial charge in [0.05, 0.1) is 17.1 Å². The summed E-state index contributed by atoms with van der Waals surface area (Å²) >= 11 is 0. The van der Waals surface area contributed by atoms with Crippen molar-refractivity contribution in [2.24, 2.45) is 0 Å². The Balaban J connectivity index is 1.68. The molecular weight excluding hydrogens is 462 g/mol. The summed E-state index contributed by atoms with van der Waals surface area (Å²) in [7, 11) is -3.89. The van der Waals surface area contributed by atoms with Gasteiger partial charge in [-0.05, 0) is 63.1 Å². The molecule has 8 heteroatoms. The van der Waals surface area contributed by atoms with Crippen LogP contribution in [0.5, 0.6) is 0 Å². The van der Waals surface area contributed by atoms with E-state index in [0.717, 1.165) is 27.9 Å². The Morgan fingerprint density at radius 2 is 1.31 bits per heavy atom. The van der Waals surface area contributed by atoms with Gasteiger partial charge < -0.3 is 10.6 Å². The number of anilines is 2. The van der Waals surface area contributed by atoms with E-state index in [9.17, 15) is 18.0 Å². The van der Waals surface area contributed by atoms with Gasteiger partial charge in [-0.25, -0.2) is 8.42 Å². The largest absolute Gasteiger partial charge is 0.347 e. The van der Waals surface area contributed by atoms with Crippen molar-refractivity contribution in [3.05, 3.63) is 89.0 Å². The van der Waals surface area contributed by atoms with E-state index in [4.69, 9.17) is 0 Å². The highest BCUT2D eigenvalue weighted by atomic mass is 32.2. The van der Waals surface area contributed by atoms with Gasteiger partial charge in [0.25, 0.3) is 10.0 Å². The number of rotatable bonds is 9. The SMILES string of the molecule is Cc1ccc(N(CCC(=O)NCC(=O)Nc2c(C)cccc2C)S(=O)(=O)c2ccc(C)cc2)cc1. The number of nitrogens with zero attached hydrogens (tertiary/aromatic N) is 1. The Bertz CT molecular complexity index is 1280. The predicted molar refractivity (Wildman–Crippen MR) is 139 cm³/mol. The van der Waals surface area contributed by atoms with Crippen molar-refractivity contribution in [1.29, 1.82) is 0 Å². The number of benzene rings is 3. The minimum atomic E-state index is -3.89. The lowest BCUT2D eigenvalue weighted by Crippen LogP contribution is -2.37. The third kappa shape index (κ3) is 6.70. The second-order valence-corrected chi connectivity index (χ2v) is 10.4. The summed E-state index contributed by atoms with van der Waals surface area (Å²) in [6, 6.07) is 19.4. The number of carbonyl (C=O) groups is 2. The van der Waals surface area contributed by atoms with Crippen LogP contribution in [0.3, 0.4) is 0 Å². The Labute approximate surface area is 207 Å². The smallest absolute Gasteiger partial charge is 0.264 e. The number of hydrogen-bond acceptors (Lipinski definition) is 4. The summed E-state index contributed by atoms with van der Waals surface area (Å²) in [5, 5.41) is 5.40.